The monoisotopic (exact) mass is 275 g/mol. The third kappa shape index (κ3) is 2.67. The van der Waals surface area contributed by atoms with E-state index in [-0.39, 0.29) is 11.5 Å². The summed E-state index contributed by atoms with van der Waals surface area (Å²) in [5.74, 6) is 0.961. The molecule has 0 aliphatic rings. The average Bonchev–Trinajstić information content (AvgIpc) is 2.81. The predicted octanol–water partition coefficient (Wildman–Crippen LogP) is 3.36. The van der Waals surface area contributed by atoms with Gasteiger partial charge in [-0.15, -0.1) is 0 Å². The summed E-state index contributed by atoms with van der Waals surface area (Å²) in [4.78, 5) is 4.44. The second-order valence-corrected chi connectivity index (χ2v) is 5.98. The molecule has 1 aromatic carbocycles. The minimum Gasteiger partial charge on any atom is -0.398 e. The van der Waals surface area contributed by atoms with Gasteiger partial charge in [0.15, 0.2) is 0 Å². The van der Waals surface area contributed by atoms with Crippen LogP contribution in [0.5, 0.6) is 0 Å². The van der Waals surface area contributed by atoms with Crippen molar-refractivity contribution in [3.8, 4) is 11.5 Å². The van der Waals surface area contributed by atoms with E-state index < -0.39 is 0 Å². The van der Waals surface area contributed by atoms with Crippen LogP contribution >= 0.6 is 0 Å². The maximum absolute atomic E-state index is 6.06. The Kier molecular flexibility index (Phi) is 3.81. The molecule has 20 heavy (non-hydrogen) atoms. The molecule has 0 aliphatic carbocycles. The molecule has 1 heterocycles. The molecule has 5 heteroatoms. The molecular formula is C15H21N3O2. The summed E-state index contributed by atoms with van der Waals surface area (Å²) in [6, 6.07) is 5.74. The van der Waals surface area contributed by atoms with Gasteiger partial charge in [-0.1, -0.05) is 38.1 Å². The number of para-hydroxylation sites is 1. The van der Waals surface area contributed by atoms with Crippen molar-refractivity contribution in [1.82, 2.24) is 10.1 Å². The summed E-state index contributed by atoms with van der Waals surface area (Å²) < 4.78 is 10.8. The van der Waals surface area contributed by atoms with Crippen molar-refractivity contribution >= 4 is 5.69 Å². The van der Waals surface area contributed by atoms with Crippen LogP contribution in [0.15, 0.2) is 22.7 Å². The molecule has 1 unspecified atom stereocenters. The van der Waals surface area contributed by atoms with Crippen molar-refractivity contribution in [1.29, 1.82) is 0 Å². The first-order chi connectivity index (χ1) is 9.34. The van der Waals surface area contributed by atoms with E-state index in [9.17, 15) is 0 Å². The number of hydrogen-bond acceptors (Lipinski definition) is 5. The van der Waals surface area contributed by atoms with Crippen molar-refractivity contribution in [3.63, 3.8) is 0 Å². The van der Waals surface area contributed by atoms with Crippen LogP contribution in [0.2, 0.25) is 0 Å². The minimum absolute atomic E-state index is 0.117. The van der Waals surface area contributed by atoms with E-state index in [1.165, 1.54) is 0 Å². The zero-order valence-corrected chi connectivity index (χ0v) is 12.6. The Morgan fingerprint density at radius 1 is 1.30 bits per heavy atom. The first kappa shape index (κ1) is 14.5. The number of aromatic nitrogens is 2. The third-order valence-corrected chi connectivity index (χ3v) is 3.25. The van der Waals surface area contributed by atoms with Crippen molar-refractivity contribution in [2.24, 2.45) is 5.41 Å². The first-order valence-corrected chi connectivity index (χ1v) is 6.56. The second kappa shape index (κ2) is 5.25. The fourth-order valence-electron chi connectivity index (χ4n) is 2.16. The molecular weight excluding hydrogens is 254 g/mol. The number of rotatable bonds is 3. The Morgan fingerprint density at radius 3 is 2.60 bits per heavy atom. The lowest BCUT2D eigenvalue weighted by atomic mass is 9.88. The fourth-order valence-corrected chi connectivity index (χ4v) is 2.16. The van der Waals surface area contributed by atoms with Gasteiger partial charge >= 0.3 is 0 Å². The standard InChI is InChI=1S/C15H21N3O2/c1-9-7-6-8-10(11(9)16)14-17-13(18-20-14)12(19-5)15(2,3)4/h6-8,12H,16H2,1-5H3. The number of benzene rings is 1. The Hall–Kier alpha value is -1.88. The average molecular weight is 275 g/mol. The second-order valence-electron chi connectivity index (χ2n) is 5.98. The maximum atomic E-state index is 6.06. The Bertz CT molecular complexity index is 599. The molecule has 2 N–H and O–H groups in total. The highest BCUT2D eigenvalue weighted by atomic mass is 16.5. The van der Waals surface area contributed by atoms with Crippen LogP contribution in [0.25, 0.3) is 11.5 Å². The van der Waals surface area contributed by atoms with Gasteiger partial charge in [0.05, 0.1) is 5.56 Å². The minimum atomic E-state index is -0.231. The molecule has 0 radical (unpaired) electrons. The lowest BCUT2D eigenvalue weighted by Crippen LogP contribution is -2.21. The lowest BCUT2D eigenvalue weighted by molar-refractivity contribution is 0.00718. The number of methoxy groups -OCH3 is 1. The Balaban J connectivity index is 2.41. The van der Waals surface area contributed by atoms with Crippen LogP contribution in [0.1, 0.15) is 38.3 Å². The van der Waals surface area contributed by atoms with Gasteiger partial charge in [-0.3, -0.25) is 0 Å². The molecule has 0 bridgehead atoms. The Morgan fingerprint density at radius 2 is 2.00 bits per heavy atom. The van der Waals surface area contributed by atoms with E-state index in [1.807, 2.05) is 25.1 Å². The number of ether oxygens (including phenoxy) is 1. The van der Waals surface area contributed by atoms with E-state index in [1.54, 1.807) is 7.11 Å². The van der Waals surface area contributed by atoms with Crippen LogP contribution in [-0.2, 0) is 4.74 Å². The first-order valence-electron chi connectivity index (χ1n) is 6.56. The van der Waals surface area contributed by atoms with Gasteiger partial charge in [0.25, 0.3) is 5.89 Å². The van der Waals surface area contributed by atoms with Crippen LogP contribution in [0, 0.1) is 12.3 Å². The number of aryl methyl sites for hydroxylation is 1. The normalized spacial score (nSPS) is 13.4. The van der Waals surface area contributed by atoms with E-state index in [0.29, 0.717) is 17.4 Å². The van der Waals surface area contributed by atoms with Crippen LogP contribution in [-0.4, -0.2) is 17.3 Å². The highest BCUT2D eigenvalue weighted by Crippen LogP contribution is 2.35. The zero-order chi connectivity index (χ0) is 14.9. The molecule has 0 saturated heterocycles. The molecule has 1 atom stereocenters. The van der Waals surface area contributed by atoms with Gasteiger partial charge in [-0.2, -0.15) is 4.98 Å². The fraction of sp³-hybridized carbons (Fsp3) is 0.467. The molecule has 2 rings (SSSR count). The summed E-state index contributed by atoms with van der Waals surface area (Å²) >= 11 is 0. The van der Waals surface area contributed by atoms with Gasteiger partial charge in [0.2, 0.25) is 5.82 Å². The largest absolute Gasteiger partial charge is 0.398 e. The molecule has 0 amide bonds. The summed E-state index contributed by atoms with van der Waals surface area (Å²) in [6.07, 6.45) is -0.231. The van der Waals surface area contributed by atoms with Gasteiger partial charge in [-0.05, 0) is 24.0 Å². The summed E-state index contributed by atoms with van der Waals surface area (Å²) in [6.45, 7) is 8.15. The highest BCUT2D eigenvalue weighted by Gasteiger charge is 2.30. The predicted molar refractivity (Wildman–Crippen MR) is 78.1 cm³/mol. The molecule has 0 spiro atoms. The van der Waals surface area contributed by atoms with E-state index in [2.05, 4.69) is 30.9 Å². The summed E-state index contributed by atoms with van der Waals surface area (Å²) in [5.41, 5.74) is 8.35. The number of anilines is 1. The summed E-state index contributed by atoms with van der Waals surface area (Å²) in [7, 11) is 1.65. The van der Waals surface area contributed by atoms with Crippen LogP contribution in [0.4, 0.5) is 5.69 Å². The van der Waals surface area contributed by atoms with Crippen molar-refractivity contribution in [2.45, 2.75) is 33.8 Å². The third-order valence-electron chi connectivity index (χ3n) is 3.25. The van der Waals surface area contributed by atoms with Crippen molar-refractivity contribution < 1.29 is 9.26 Å². The smallest absolute Gasteiger partial charge is 0.260 e. The molecule has 2 aromatic rings. The highest BCUT2D eigenvalue weighted by molar-refractivity contribution is 5.73. The van der Waals surface area contributed by atoms with Crippen LogP contribution in [0.3, 0.4) is 0 Å². The number of nitrogens with zero attached hydrogens (tertiary/aromatic N) is 2. The SMILES string of the molecule is COC(c1noc(-c2cccc(C)c2N)n1)C(C)(C)C. The molecule has 5 nitrogen and oxygen atoms in total. The molecule has 0 saturated carbocycles. The van der Waals surface area contributed by atoms with E-state index >= 15 is 0 Å². The van der Waals surface area contributed by atoms with E-state index in [4.69, 9.17) is 15.0 Å². The van der Waals surface area contributed by atoms with Gasteiger partial charge in [0, 0.05) is 12.8 Å². The van der Waals surface area contributed by atoms with Crippen molar-refractivity contribution in [3.05, 3.63) is 29.6 Å². The molecule has 1 aromatic heterocycles. The van der Waals surface area contributed by atoms with Crippen molar-refractivity contribution in [2.75, 3.05) is 12.8 Å². The van der Waals surface area contributed by atoms with E-state index in [0.717, 1.165) is 11.1 Å². The molecule has 0 aliphatic heterocycles. The number of nitrogens with two attached hydrogens (primary N) is 1. The van der Waals surface area contributed by atoms with Gasteiger partial charge < -0.3 is 15.0 Å². The molecule has 0 fully saturated rings. The maximum Gasteiger partial charge on any atom is 0.260 e. The number of hydrogen-bond donors (Lipinski definition) is 1. The topological polar surface area (TPSA) is 74.2 Å². The van der Waals surface area contributed by atoms with Gasteiger partial charge in [-0.25, -0.2) is 0 Å². The molecule has 108 valence electrons. The summed E-state index contributed by atoms with van der Waals surface area (Å²) in [5, 5.41) is 4.03. The number of nitrogen functional groups attached to an aromatic ring is 1. The van der Waals surface area contributed by atoms with Crippen LogP contribution < -0.4 is 5.73 Å². The lowest BCUT2D eigenvalue weighted by Gasteiger charge is -2.26. The Labute approximate surface area is 119 Å². The quantitative estimate of drug-likeness (QED) is 0.869. The zero-order valence-electron chi connectivity index (χ0n) is 12.6. The van der Waals surface area contributed by atoms with Gasteiger partial charge in [0.1, 0.15) is 6.10 Å².